The number of alkyl halides is 3. The molecular formula is C18H19F3N2O. The molecule has 128 valence electrons. The van der Waals surface area contributed by atoms with Crippen LogP contribution in [0.2, 0.25) is 0 Å². The van der Waals surface area contributed by atoms with Crippen molar-refractivity contribution >= 4 is 0 Å². The summed E-state index contributed by atoms with van der Waals surface area (Å²) in [6.07, 6.45) is -0.964. The maximum Gasteiger partial charge on any atom is 0.416 e. The zero-order valence-corrected chi connectivity index (χ0v) is 13.3. The van der Waals surface area contributed by atoms with E-state index in [0.29, 0.717) is 25.1 Å². The van der Waals surface area contributed by atoms with E-state index in [4.69, 9.17) is 0 Å². The lowest BCUT2D eigenvalue weighted by atomic mass is 10.0. The van der Waals surface area contributed by atoms with Crippen LogP contribution in [0.1, 0.15) is 34.7 Å². The van der Waals surface area contributed by atoms with Crippen molar-refractivity contribution in [3.05, 3.63) is 65.0 Å². The van der Waals surface area contributed by atoms with Gasteiger partial charge in [-0.25, -0.2) is 0 Å². The number of aliphatic hydroxyl groups is 1. The van der Waals surface area contributed by atoms with Crippen LogP contribution in [0.4, 0.5) is 13.2 Å². The molecule has 6 heteroatoms. The molecule has 1 aliphatic rings. The van der Waals surface area contributed by atoms with E-state index in [9.17, 15) is 18.3 Å². The molecule has 0 radical (unpaired) electrons. The first kappa shape index (κ1) is 16.9. The summed E-state index contributed by atoms with van der Waals surface area (Å²) in [5, 5.41) is 10.0. The van der Waals surface area contributed by atoms with Gasteiger partial charge in [0.05, 0.1) is 11.7 Å². The predicted octanol–water partition coefficient (Wildman–Crippen LogP) is 3.72. The van der Waals surface area contributed by atoms with Crippen molar-refractivity contribution in [2.75, 3.05) is 6.54 Å². The summed E-state index contributed by atoms with van der Waals surface area (Å²) < 4.78 is 38.8. The lowest BCUT2D eigenvalue weighted by molar-refractivity contribution is -0.137. The van der Waals surface area contributed by atoms with E-state index in [2.05, 4.69) is 4.98 Å². The Labute approximate surface area is 138 Å². The first-order valence-electron chi connectivity index (χ1n) is 7.83. The average Bonchev–Trinajstić information content (AvgIpc) is 2.87. The minimum atomic E-state index is -4.36. The van der Waals surface area contributed by atoms with E-state index in [1.807, 2.05) is 17.9 Å². The Bertz CT molecular complexity index is 717. The SMILES string of the molecule is Cc1cncc(CN2C[C@H](O)C[C@@H]2c2cccc(C(F)(F)F)c2)c1. The number of rotatable bonds is 3. The van der Waals surface area contributed by atoms with Gasteiger partial charge in [-0.3, -0.25) is 9.88 Å². The van der Waals surface area contributed by atoms with Gasteiger partial charge in [0.15, 0.2) is 0 Å². The fourth-order valence-corrected chi connectivity index (χ4v) is 3.26. The number of hydrogen-bond donors (Lipinski definition) is 1. The fraction of sp³-hybridized carbons (Fsp3) is 0.389. The topological polar surface area (TPSA) is 36.4 Å². The van der Waals surface area contributed by atoms with Crippen LogP contribution in [0.15, 0.2) is 42.7 Å². The summed E-state index contributed by atoms with van der Waals surface area (Å²) in [4.78, 5) is 6.16. The lowest BCUT2D eigenvalue weighted by Crippen LogP contribution is -2.24. The number of aryl methyl sites for hydroxylation is 1. The summed E-state index contributed by atoms with van der Waals surface area (Å²) in [5.74, 6) is 0. The summed E-state index contributed by atoms with van der Waals surface area (Å²) in [7, 11) is 0. The highest BCUT2D eigenvalue weighted by molar-refractivity contribution is 5.29. The van der Waals surface area contributed by atoms with E-state index < -0.39 is 17.8 Å². The molecule has 0 bridgehead atoms. The zero-order chi connectivity index (χ0) is 17.3. The van der Waals surface area contributed by atoms with Crippen LogP contribution in [0.5, 0.6) is 0 Å². The second kappa shape index (κ2) is 6.53. The third-order valence-corrected chi connectivity index (χ3v) is 4.30. The molecule has 1 N–H and O–H groups in total. The maximum absolute atomic E-state index is 12.9. The van der Waals surface area contributed by atoms with Crippen LogP contribution >= 0.6 is 0 Å². The third kappa shape index (κ3) is 3.76. The number of benzene rings is 1. The standard InChI is InChI=1S/C18H19F3N2O/c1-12-5-13(9-22-8-12)10-23-11-16(24)7-17(23)14-3-2-4-15(6-14)18(19,20)21/h2-6,8-9,16-17,24H,7,10-11H2,1H3/t16-,17-/m1/s1. The van der Waals surface area contributed by atoms with Gasteiger partial charge < -0.3 is 5.11 Å². The van der Waals surface area contributed by atoms with Crippen LogP contribution in [-0.2, 0) is 12.7 Å². The molecule has 0 saturated carbocycles. The van der Waals surface area contributed by atoms with Gasteiger partial charge in [0.2, 0.25) is 0 Å². The molecule has 1 aliphatic heterocycles. The Hall–Kier alpha value is -1.92. The highest BCUT2D eigenvalue weighted by Gasteiger charge is 2.35. The van der Waals surface area contributed by atoms with Gasteiger partial charge in [0.1, 0.15) is 0 Å². The molecule has 1 fully saturated rings. The summed E-state index contributed by atoms with van der Waals surface area (Å²) in [5.41, 5.74) is 1.95. The van der Waals surface area contributed by atoms with Crippen molar-refractivity contribution in [3.8, 4) is 0 Å². The molecule has 0 unspecified atom stereocenters. The van der Waals surface area contributed by atoms with Crippen LogP contribution in [0.3, 0.4) is 0 Å². The van der Waals surface area contributed by atoms with E-state index in [1.165, 1.54) is 12.1 Å². The Morgan fingerprint density at radius 2 is 2.04 bits per heavy atom. The number of halogens is 3. The number of likely N-dealkylation sites (tertiary alicyclic amines) is 1. The third-order valence-electron chi connectivity index (χ3n) is 4.30. The highest BCUT2D eigenvalue weighted by Crippen LogP contribution is 2.36. The van der Waals surface area contributed by atoms with Crippen LogP contribution in [0.25, 0.3) is 0 Å². The highest BCUT2D eigenvalue weighted by atomic mass is 19.4. The molecule has 0 aliphatic carbocycles. The molecule has 2 atom stereocenters. The Morgan fingerprint density at radius 3 is 2.75 bits per heavy atom. The Kier molecular flexibility index (Phi) is 4.60. The zero-order valence-electron chi connectivity index (χ0n) is 13.3. The van der Waals surface area contributed by atoms with Crippen molar-refractivity contribution in [2.45, 2.75) is 38.2 Å². The number of nitrogens with zero attached hydrogens (tertiary/aromatic N) is 2. The molecule has 3 nitrogen and oxygen atoms in total. The predicted molar refractivity (Wildman–Crippen MR) is 84.2 cm³/mol. The molecule has 1 aromatic heterocycles. The molecule has 24 heavy (non-hydrogen) atoms. The fourth-order valence-electron chi connectivity index (χ4n) is 3.26. The number of aliphatic hydroxyl groups excluding tert-OH is 1. The van der Waals surface area contributed by atoms with Gasteiger partial charge in [-0.2, -0.15) is 13.2 Å². The molecule has 1 aromatic carbocycles. The van der Waals surface area contributed by atoms with Crippen molar-refractivity contribution in [3.63, 3.8) is 0 Å². The quantitative estimate of drug-likeness (QED) is 0.928. The normalized spacial score (nSPS) is 22.0. The molecular weight excluding hydrogens is 317 g/mol. The van der Waals surface area contributed by atoms with E-state index in [-0.39, 0.29) is 6.04 Å². The minimum Gasteiger partial charge on any atom is -0.392 e. The van der Waals surface area contributed by atoms with Gasteiger partial charge >= 0.3 is 6.18 Å². The lowest BCUT2D eigenvalue weighted by Gasteiger charge is -2.25. The second-order valence-corrected chi connectivity index (χ2v) is 6.33. The van der Waals surface area contributed by atoms with Gasteiger partial charge in [-0.1, -0.05) is 18.2 Å². The van der Waals surface area contributed by atoms with E-state index in [1.54, 1.807) is 18.5 Å². The molecule has 2 aromatic rings. The first-order valence-corrected chi connectivity index (χ1v) is 7.83. The molecule has 2 heterocycles. The number of β-amino-alcohol motifs (C(OH)–C–C–N with tert-alkyl or cyclic N) is 1. The number of pyridine rings is 1. The van der Waals surface area contributed by atoms with Crippen molar-refractivity contribution in [2.24, 2.45) is 0 Å². The summed E-state index contributed by atoms with van der Waals surface area (Å²) in [6, 6.07) is 7.14. The second-order valence-electron chi connectivity index (χ2n) is 6.33. The Morgan fingerprint density at radius 1 is 1.25 bits per heavy atom. The molecule has 0 spiro atoms. The van der Waals surface area contributed by atoms with Gasteiger partial charge in [-0.15, -0.1) is 0 Å². The van der Waals surface area contributed by atoms with Gasteiger partial charge in [0, 0.05) is 31.5 Å². The summed E-state index contributed by atoms with van der Waals surface area (Å²) >= 11 is 0. The maximum atomic E-state index is 12.9. The van der Waals surface area contributed by atoms with Crippen molar-refractivity contribution in [1.29, 1.82) is 0 Å². The van der Waals surface area contributed by atoms with Gasteiger partial charge in [-0.05, 0) is 42.2 Å². The molecule has 0 amide bonds. The number of aromatic nitrogens is 1. The first-order chi connectivity index (χ1) is 11.3. The van der Waals surface area contributed by atoms with Crippen LogP contribution in [0, 0.1) is 6.92 Å². The van der Waals surface area contributed by atoms with E-state index in [0.717, 1.165) is 17.2 Å². The molecule has 3 rings (SSSR count). The van der Waals surface area contributed by atoms with Crippen molar-refractivity contribution in [1.82, 2.24) is 9.88 Å². The Balaban J connectivity index is 1.85. The average molecular weight is 336 g/mol. The smallest absolute Gasteiger partial charge is 0.392 e. The van der Waals surface area contributed by atoms with Crippen molar-refractivity contribution < 1.29 is 18.3 Å². The van der Waals surface area contributed by atoms with Crippen LogP contribution in [-0.4, -0.2) is 27.6 Å². The van der Waals surface area contributed by atoms with E-state index >= 15 is 0 Å². The number of hydrogen-bond acceptors (Lipinski definition) is 3. The minimum absolute atomic E-state index is 0.234. The summed E-state index contributed by atoms with van der Waals surface area (Å²) in [6.45, 7) is 2.93. The monoisotopic (exact) mass is 336 g/mol. The molecule has 1 saturated heterocycles. The largest absolute Gasteiger partial charge is 0.416 e. The van der Waals surface area contributed by atoms with Gasteiger partial charge in [0.25, 0.3) is 0 Å². The van der Waals surface area contributed by atoms with Crippen LogP contribution < -0.4 is 0 Å².